The molecule has 1 rings (SSSR count). The first kappa shape index (κ1) is 15.9. The van der Waals surface area contributed by atoms with E-state index in [0.717, 1.165) is 6.07 Å². The number of rotatable bonds is 5. The van der Waals surface area contributed by atoms with Crippen LogP contribution in [0.15, 0.2) is 12.1 Å². The Balaban J connectivity index is 3.28. The van der Waals surface area contributed by atoms with E-state index in [1.54, 1.807) is 4.72 Å². The van der Waals surface area contributed by atoms with Gasteiger partial charge in [-0.1, -0.05) is 0 Å². The third-order valence-corrected chi connectivity index (χ3v) is 4.87. The monoisotopic (exact) mass is 327 g/mol. The maximum absolute atomic E-state index is 11.4. The maximum atomic E-state index is 11.4. The zero-order valence-electron chi connectivity index (χ0n) is 9.55. The Morgan fingerprint density at radius 3 is 2.30 bits per heavy atom. The fraction of sp³-hybridized carbons (Fsp3) is 0.143. The minimum atomic E-state index is -4.85. The van der Waals surface area contributed by atoms with Crippen LogP contribution < -0.4 is 10.5 Å². The highest BCUT2D eigenvalue weighted by Crippen LogP contribution is 2.34. The summed E-state index contributed by atoms with van der Waals surface area (Å²) in [6.45, 7) is 0. The molecule has 0 aromatic heterocycles. The Labute approximate surface area is 113 Å². The van der Waals surface area contributed by atoms with Crippen LogP contribution in [-0.2, 0) is 20.1 Å². The summed E-state index contributed by atoms with van der Waals surface area (Å²) < 4.78 is 53.9. The fourth-order valence-corrected chi connectivity index (χ4v) is 3.52. The number of sulfonamides is 1. The minimum Gasteiger partial charge on any atom is -0.506 e. The van der Waals surface area contributed by atoms with Crippen LogP contribution >= 0.6 is 0 Å². The molecule has 0 radical (unpaired) electrons. The number of nitrogens with one attached hydrogen (secondary N) is 1. The lowest BCUT2D eigenvalue weighted by atomic mass is 10.2. The number of nitrogens with zero attached hydrogens (tertiary/aromatic N) is 1. The van der Waals surface area contributed by atoms with Gasteiger partial charge in [0.15, 0.2) is 5.08 Å². The van der Waals surface area contributed by atoms with Gasteiger partial charge in [0.1, 0.15) is 11.4 Å². The first-order valence-corrected chi connectivity index (χ1v) is 7.90. The number of nitro groups is 1. The third kappa shape index (κ3) is 4.22. The van der Waals surface area contributed by atoms with Gasteiger partial charge in [-0.05, 0) is 6.07 Å². The summed E-state index contributed by atoms with van der Waals surface area (Å²) in [6.07, 6.45) is 0. The molecule has 13 heteroatoms. The number of nitro benzene ring substituents is 1. The second kappa shape index (κ2) is 5.10. The van der Waals surface area contributed by atoms with E-state index in [1.165, 1.54) is 0 Å². The molecule has 0 unspecified atom stereocenters. The van der Waals surface area contributed by atoms with Crippen LogP contribution in [0.2, 0.25) is 0 Å². The van der Waals surface area contributed by atoms with Crippen LogP contribution in [0.4, 0.5) is 17.1 Å². The molecule has 0 amide bonds. The fourth-order valence-electron chi connectivity index (χ4n) is 1.22. The van der Waals surface area contributed by atoms with Crippen molar-refractivity contribution < 1.29 is 31.4 Å². The highest BCUT2D eigenvalue weighted by Gasteiger charge is 2.25. The van der Waals surface area contributed by atoms with E-state index in [4.69, 9.17) is 10.3 Å². The van der Waals surface area contributed by atoms with Gasteiger partial charge >= 0.3 is 0 Å². The van der Waals surface area contributed by atoms with Crippen molar-refractivity contribution >= 4 is 37.2 Å². The SMILES string of the molecule is Nc1cc(NS(=O)(=O)CS(=O)(=O)O)c([N+](=O)[O-])cc1O. The lowest BCUT2D eigenvalue weighted by Crippen LogP contribution is -2.23. The molecule has 1 aromatic rings. The lowest BCUT2D eigenvalue weighted by molar-refractivity contribution is -0.383. The van der Waals surface area contributed by atoms with Gasteiger partial charge in [0.25, 0.3) is 15.8 Å². The number of hydrogen-bond acceptors (Lipinski definition) is 8. The van der Waals surface area contributed by atoms with Crippen molar-refractivity contribution in [3.8, 4) is 5.75 Å². The largest absolute Gasteiger partial charge is 0.506 e. The summed E-state index contributed by atoms with van der Waals surface area (Å²) in [6, 6.07) is 1.34. The molecule has 0 aliphatic heterocycles. The second-order valence-electron chi connectivity index (χ2n) is 3.60. The summed E-state index contributed by atoms with van der Waals surface area (Å²) in [5, 5.41) is 18.2. The Hall–Kier alpha value is -2.12. The van der Waals surface area contributed by atoms with Gasteiger partial charge in [0.2, 0.25) is 10.0 Å². The Kier molecular flexibility index (Phi) is 4.07. The number of anilines is 2. The Bertz CT molecular complexity index is 755. The molecular formula is C7H9N3O8S2. The molecular weight excluding hydrogens is 318 g/mol. The minimum absolute atomic E-state index is 0.361. The van der Waals surface area contributed by atoms with Crippen LogP contribution in [0.3, 0.4) is 0 Å². The molecule has 20 heavy (non-hydrogen) atoms. The predicted molar refractivity (Wildman–Crippen MR) is 68.1 cm³/mol. The van der Waals surface area contributed by atoms with E-state index in [1.807, 2.05) is 0 Å². The molecule has 112 valence electrons. The molecule has 0 spiro atoms. The summed E-state index contributed by atoms with van der Waals surface area (Å²) >= 11 is 0. The highest BCUT2D eigenvalue weighted by molar-refractivity contribution is 8.06. The first-order valence-electron chi connectivity index (χ1n) is 4.64. The predicted octanol–water partition coefficient (Wildman–Crippen LogP) is -0.530. The van der Waals surface area contributed by atoms with Gasteiger partial charge < -0.3 is 10.8 Å². The third-order valence-electron chi connectivity index (χ3n) is 1.91. The number of aromatic hydroxyl groups is 1. The van der Waals surface area contributed by atoms with Gasteiger partial charge in [0, 0.05) is 0 Å². The van der Waals surface area contributed by atoms with Crippen molar-refractivity contribution in [1.82, 2.24) is 0 Å². The quantitative estimate of drug-likeness (QED) is 0.137. The molecule has 0 heterocycles. The zero-order valence-corrected chi connectivity index (χ0v) is 11.2. The molecule has 0 atom stereocenters. The van der Waals surface area contributed by atoms with Gasteiger partial charge in [-0.3, -0.25) is 19.4 Å². The number of nitrogen functional groups attached to an aromatic ring is 1. The standard InChI is InChI=1S/C7H9N3O8S2/c8-4-1-5(6(10(12)13)2-7(4)11)9-19(14,15)3-20(16,17)18/h1-2,9,11H,3,8H2,(H,16,17,18). The molecule has 5 N–H and O–H groups in total. The highest BCUT2D eigenvalue weighted by atomic mass is 32.3. The molecule has 0 fully saturated rings. The number of benzene rings is 1. The topological polar surface area (TPSA) is 190 Å². The molecule has 1 aromatic carbocycles. The van der Waals surface area contributed by atoms with Gasteiger partial charge in [-0.25, -0.2) is 8.42 Å². The van der Waals surface area contributed by atoms with Crippen molar-refractivity contribution in [3.63, 3.8) is 0 Å². The summed E-state index contributed by atoms with van der Waals surface area (Å²) in [5.74, 6) is -0.644. The number of phenolic OH excluding ortho intramolecular Hbond substituents is 1. The summed E-state index contributed by atoms with van der Waals surface area (Å²) in [4.78, 5) is 9.70. The first-order chi connectivity index (χ1) is 8.91. The van der Waals surface area contributed by atoms with Crippen LogP contribution in [0.5, 0.6) is 5.75 Å². The lowest BCUT2D eigenvalue weighted by Gasteiger charge is -2.08. The van der Waals surface area contributed by atoms with Crippen molar-refractivity contribution in [2.45, 2.75) is 0 Å². The van der Waals surface area contributed by atoms with Crippen molar-refractivity contribution in [2.75, 3.05) is 15.5 Å². The van der Waals surface area contributed by atoms with Crippen molar-refractivity contribution in [3.05, 3.63) is 22.2 Å². The van der Waals surface area contributed by atoms with Crippen LogP contribution in [-0.4, -0.2) is 36.5 Å². The number of nitrogens with two attached hydrogens (primary N) is 1. The normalized spacial score (nSPS) is 12.1. The summed E-state index contributed by atoms with van der Waals surface area (Å²) in [7, 11) is -9.46. The molecule has 0 saturated carbocycles. The van der Waals surface area contributed by atoms with E-state index in [0.29, 0.717) is 6.07 Å². The van der Waals surface area contributed by atoms with E-state index < -0.39 is 47.3 Å². The summed E-state index contributed by atoms with van der Waals surface area (Å²) in [5.41, 5.74) is 3.42. The van der Waals surface area contributed by atoms with Crippen molar-refractivity contribution in [1.29, 1.82) is 0 Å². The number of phenols is 1. The van der Waals surface area contributed by atoms with Gasteiger partial charge in [-0.2, -0.15) is 8.42 Å². The molecule has 11 nitrogen and oxygen atoms in total. The molecule has 0 aliphatic rings. The molecule has 0 aliphatic carbocycles. The van der Waals surface area contributed by atoms with E-state index in [2.05, 4.69) is 0 Å². The average Bonchev–Trinajstić information content (AvgIpc) is 2.18. The van der Waals surface area contributed by atoms with E-state index in [-0.39, 0.29) is 5.69 Å². The van der Waals surface area contributed by atoms with Crippen LogP contribution in [0.25, 0.3) is 0 Å². The average molecular weight is 327 g/mol. The number of hydrogen-bond donors (Lipinski definition) is 4. The molecule has 0 bridgehead atoms. The van der Waals surface area contributed by atoms with Gasteiger partial charge in [-0.15, -0.1) is 0 Å². The van der Waals surface area contributed by atoms with Gasteiger partial charge in [0.05, 0.1) is 16.7 Å². The second-order valence-corrected chi connectivity index (χ2v) is 7.14. The molecule has 0 saturated heterocycles. The Morgan fingerprint density at radius 1 is 1.30 bits per heavy atom. The van der Waals surface area contributed by atoms with Crippen molar-refractivity contribution in [2.24, 2.45) is 0 Å². The maximum Gasteiger partial charge on any atom is 0.297 e. The smallest absolute Gasteiger partial charge is 0.297 e. The van der Waals surface area contributed by atoms with Crippen LogP contribution in [0, 0.1) is 10.1 Å². The van der Waals surface area contributed by atoms with E-state index >= 15 is 0 Å². The van der Waals surface area contributed by atoms with E-state index in [9.17, 15) is 32.1 Å². The Morgan fingerprint density at radius 2 is 1.85 bits per heavy atom. The van der Waals surface area contributed by atoms with Crippen LogP contribution in [0.1, 0.15) is 0 Å². The zero-order chi connectivity index (χ0) is 15.7.